The quantitative estimate of drug-likeness (QED) is 0.705. The second-order valence-electron chi connectivity index (χ2n) is 5.34. The van der Waals surface area contributed by atoms with Gasteiger partial charge in [-0.05, 0) is 0 Å². The third-order valence-corrected chi connectivity index (χ3v) is 4.50. The molecule has 9 heteroatoms. The van der Waals surface area contributed by atoms with Crippen LogP contribution >= 0.6 is 36.2 Å². The fraction of sp³-hybridized carbons (Fsp3) is 0.750. The molecule has 6 nitrogen and oxygen atoms in total. The zero-order valence-corrected chi connectivity index (χ0v) is 14.2. The minimum Gasteiger partial charge on any atom is -0.385 e. The van der Waals surface area contributed by atoms with Gasteiger partial charge < -0.3 is 20.9 Å². The molecule has 0 bridgehead atoms. The smallest absolute Gasteiger partial charge is 0.180 e. The van der Waals surface area contributed by atoms with Crippen LogP contribution in [0.2, 0.25) is 0 Å². The van der Waals surface area contributed by atoms with Gasteiger partial charge in [-0.25, -0.2) is 4.98 Å². The molecule has 4 N–H and O–H groups in total. The lowest BCUT2D eigenvalue weighted by Crippen LogP contribution is -2.52. The number of thiazole rings is 1. The summed E-state index contributed by atoms with van der Waals surface area (Å²) in [4.78, 5) is 7.83. The van der Waals surface area contributed by atoms with Gasteiger partial charge in [0.1, 0.15) is 5.60 Å². The largest absolute Gasteiger partial charge is 0.385 e. The Morgan fingerprint density at radius 3 is 3.10 bits per heavy atom. The van der Waals surface area contributed by atoms with Crippen molar-refractivity contribution in [3.05, 3.63) is 10.6 Å². The lowest BCUT2D eigenvalue weighted by atomic mass is 10.0. The second-order valence-corrected chi connectivity index (χ2v) is 6.45. The lowest BCUT2D eigenvalue weighted by Gasteiger charge is -2.34. The summed E-state index contributed by atoms with van der Waals surface area (Å²) >= 11 is 1.56. The highest BCUT2D eigenvalue weighted by molar-refractivity contribution is 7.15. The molecule has 1 unspecified atom stereocenters. The number of nitrogens with one attached hydrogen (secondary N) is 1. The summed E-state index contributed by atoms with van der Waals surface area (Å²) in [5, 5.41) is 14.5. The van der Waals surface area contributed by atoms with Gasteiger partial charge in [0.25, 0.3) is 0 Å². The number of β-amino-alcohol motifs (C(OH)–C–C–N with tert-alkyl or cyclic N) is 1. The van der Waals surface area contributed by atoms with Crippen molar-refractivity contribution >= 4 is 41.3 Å². The van der Waals surface area contributed by atoms with E-state index in [2.05, 4.69) is 15.2 Å². The first-order chi connectivity index (χ1) is 9.15. The Hall–Kier alpha value is -0.150. The van der Waals surface area contributed by atoms with Crippen LogP contribution in [0.3, 0.4) is 0 Å². The summed E-state index contributed by atoms with van der Waals surface area (Å²) in [6.45, 7) is 4.81. The van der Waals surface area contributed by atoms with Crippen LogP contribution in [0.1, 0.15) is 10.6 Å². The van der Waals surface area contributed by atoms with Crippen molar-refractivity contribution in [2.45, 2.75) is 18.6 Å². The monoisotopic (exact) mass is 356 g/mol. The fourth-order valence-electron chi connectivity index (χ4n) is 2.70. The van der Waals surface area contributed by atoms with Gasteiger partial charge in [-0.1, -0.05) is 0 Å². The van der Waals surface area contributed by atoms with E-state index in [0.717, 1.165) is 31.7 Å². The molecule has 1 aromatic rings. The number of fused-ring (bicyclic) bond motifs is 1. The Balaban J connectivity index is 0.00000110. The summed E-state index contributed by atoms with van der Waals surface area (Å²) in [6.07, 6.45) is 0.910. The summed E-state index contributed by atoms with van der Waals surface area (Å²) < 4.78 is 5.46. The number of anilines is 1. The molecule has 0 aliphatic carbocycles. The zero-order valence-electron chi connectivity index (χ0n) is 11.7. The second kappa shape index (κ2) is 7.92. The molecule has 1 aromatic heterocycles. The molecular formula is C12H22Cl2N4O2S. The average Bonchev–Trinajstić information content (AvgIpc) is 2.59. The predicted molar refractivity (Wildman–Crippen MR) is 88.6 cm³/mol. The van der Waals surface area contributed by atoms with E-state index in [1.165, 1.54) is 4.88 Å². The van der Waals surface area contributed by atoms with Crippen molar-refractivity contribution in [2.75, 3.05) is 45.1 Å². The van der Waals surface area contributed by atoms with Crippen molar-refractivity contribution in [2.24, 2.45) is 0 Å². The highest BCUT2D eigenvalue weighted by Crippen LogP contribution is 2.27. The minimum atomic E-state index is -0.801. The van der Waals surface area contributed by atoms with Crippen molar-refractivity contribution < 1.29 is 9.84 Å². The van der Waals surface area contributed by atoms with Crippen LogP contribution in [0.4, 0.5) is 5.13 Å². The number of hydrogen-bond donors (Lipinski definition) is 3. The van der Waals surface area contributed by atoms with Gasteiger partial charge in [-0.3, -0.25) is 4.90 Å². The van der Waals surface area contributed by atoms with Gasteiger partial charge in [0.2, 0.25) is 0 Å². The molecule has 3 heterocycles. The Labute approximate surface area is 140 Å². The van der Waals surface area contributed by atoms with Gasteiger partial charge >= 0.3 is 0 Å². The standard InChI is InChI=1S/C12H20N4O2S.2ClH/c13-11-15-9-1-3-16(5-10(9)19-11)7-12(17)6-14-2-4-18-8-12;;/h14,17H,1-8H2,(H2,13,15);2*1H. The summed E-state index contributed by atoms with van der Waals surface area (Å²) in [7, 11) is 0. The van der Waals surface area contributed by atoms with E-state index in [4.69, 9.17) is 10.5 Å². The molecule has 2 aliphatic heterocycles. The maximum Gasteiger partial charge on any atom is 0.180 e. The molecule has 1 fully saturated rings. The van der Waals surface area contributed by atoms with Crippen LogP contribution in [0.5, 0.6) is 0 Å². The Kier molecular flexibility index (Phi) is 7.12. The number of ether oxygens (including phenoxy) is 1. The number of aliphatic hydroxyl groups is 1. The number of rotatable bonds is 2. The van der Waals surface area contributed by atoms with Crippen LogP contribution < -0.4 is 11.1 Å². The molecule has 1 saturated heterocycles. The van der Waals surface area contributed by atoms with Crippen molar-refractivity contribution in [3.63, 3.8) is 0 Å². The number of nitrogens with two attached hydrogens (primary N) is 1. The molecule has 0 spiro atoms. The maximum atomic E-state index is 10.6. The van der Waals surface area contributed by atoms with Gasteiger partial charge in [0.15, 0.2) is 5.13 Å². The first-order valence-corrected chi connectivity index (χ1v) is 7.44. The Morgan fingerprint density at radius 2 is 2.29 bits per heavy atom. The van der Waals surface area contributed by atoms with E-state index in [1.54, 1.807) is 11.3 Å². The third kappa shape index (κ3) is 4.66. The van der Waals surface area contributed by atoms with E-state index < -0.39 is 5.60 Å². The van der Waals surface area contributed by atoms with Gasteiger partial charge in [0.05, 0.1) is 18.9 Å². The average molecular weight is 357 g/mol. The van der Waals surface area contributed by atoms with Crippen LogP contribution in [0.15, 0.2) is 0 Å². The predicted octanol–water partition coefficient (Wildman–Crippen LogP) is 0.278. The molecule has 0 aromatic carbocycles. The normalized spacial score (nSPS) is 26.1. The van der Waals surface area contributed by atoms with E-state index in [1.807, 2.05) is 0 Å². The van der Waals surface area contributed by atoms with E-state index in [9.17, 15) is 5.11 Å². The molecular weight excluding hydrogens is 335 g/mol. The molecule has 21 heavy (non-hydrogen) atoms. The van der Waals surface area contributed by atoms with Crippen LogP contribution in [0, 0.1) is 0 Å². The van der Waals surface area contributed by atoms with Gasteiger partial charge in [-0.2, -0.15) is 0 Å². The van der Waals surface area contributed by atoms with Crippen molar-refractivity contribution in [1.29, 1.82) is 0 Å². The highest BCUT2D eigenvalue weighted by atomic mass is 35.5. The number of aromatic nitrogens is 1. The molecule has 0 amide bonds. The molecule has 1 atom stereocenters. The van der Waals surface area contributed by atoms with Gasteiger partial charge in [-0.15, -0.1) is 36.2 Å². The third-order valence-electron chi connectivity index (χ3n) is 3.59. The van der Waals surface area contributed by atoms with E-state index >= 15 is 0 Å². The lowest BCUT2D eigenvalue weighted by molar-refractivity contribution is -0.0509. The van der Waals surface area contributed by atoms with Crippen LogP contribution in [-0.4, -0.2) is 60.0 Å². The Bertz CT molecular complexity index is 452. The summed E-state index contributed by atoms with van der Waals surface area (Å²) in [6, 6.07) is 0. The van der Waals surface area contributed by atoms with E-state index in [-0.39, 0.29) is 24.8 Å². The van der Waals surface area contributed by atoms with Crippen LogP contribution in [-0.2, 0) is 17.7 Å². The van der Waals surface area contributed by atoms with Crippen molar-refractivity contribution in [3.8, 4) is 0 Å². The van der Waals surface area contributed by atoms with Crippen molar-refractivity contribution in [1.82, 2.24) is 15.2 Å². The molecule has 3 rings (SSSR count). The number of nitrogens with zero attached hydrogens (tertiary/aromatic N) is 2. The minimum absolute atomic E-state index is 0. The highest BCUT2D eigenvalue weighted by Gasteiger charge is 2.33. The Morgan fingerprint density at radius 1 is 1.48 bits per heavy atom. The SMILES string of the molecule is Cl.Cl.Nc1nc2c(s1)CN(CC1(O)CNCCOC1)CC2. The maximum absolute atomic E-state index is 10.6. The van der Waals surface area contributed by atoms with Crippen LogP contribution in [0.25, 0.3) is 0 Å². The topological polar surface area (TPSA) is 83.6 Å². The fourth-order valence-corrected chi connectivity index (χ4v) is 3.62. The molecule has 0 saturated carbocycles. The number of nitrogen functional groups attached to an aromatic ring is 1. The molecule has 2 aliphatic rings. The van der Waals surface area contributed by atoms with Gasteiger partial charge in [0, 0.05) is 44.0 Å². The summed E-state index contributed by atoms with van der Waals surface area (Å²) in [5.41, 5.74) is 6.07. The zero-order chi connectivity index (χ0) is 13.3. The molecule has 0 radical (unpaired) electrons. The van der Waals surface area contributed by atoms with E-state index in [0.29, 0.717) is 31.4 Å². The molecule has 122 valence electrons. The first kappa shape index (κ1) is 18.9. The first-order valence-electron chi connectivity index (χ1n) is 6.62. The number of hydrogen-bond acceptors (Lipinski definition) is 7. The summed E-state index contributed by atoms with van der Waals surface area (Å²) in [5.74, 6) is 0. The number of halogens is 2.